The lowest BCUT2D eigenvalue weighted by Crippen LogP contribution is -2.22. The highest BCUT2D eigenvalue weighted by Crippen LogP contribution is 2.28. The molecule has 0 spiro atoms. The molecule has 16 heavy (non-hydrogen) atoms. The molecule has 2 N–H and O–H groups in total. The number of carbonyl (C=O) groups excluding carboxylic acids is 1. The summed E-state index contributed by atoms with van der Waals surface area (Å²) < 4.78 is 0. The van der Waals surface area contributed by atoms with Gasteiger partial charge in [-0.1, -0.05) is 6.07 Å². The van der Waals surface area contributed by atoms with Gasteiger partial charge in [0, 0.05) is 6.54 Å². The molecule has 1 fully saturated rings. The van der Waals surface area contributed by atoms with Crippen LogP contribution >= 0.6 is 0 Å². The standard InChI is InChI=1S/C13H18N2O/c1-7-5-8(2)10(4)12(9(7)3)11-6-14-13(16)15-11/h5,11H,6H2,1-4H3,(H2,14,15,16). The van der Waals surface area contributed by atoms with Gasteiger partial charge in [-0.3, -0.25) is 0 Å². The second kappa shape index (κ2) is 3.81. The number of hydrogen-bond acceptors (Lipinski definition) is 1. The average molecular weight is 218 g/mol. The first kappa shape index (κ1) is 11.0. The number of aryl methyl sites for hydroxylation is 2. The Kier molecular flexibility index (Phi) is 2.62. The Morgan fingerprint density at radius 2 is 1.69 bits per heavy atom. The number of benzene rings is 1. The van der Waals surface area contributed by atoms with Crippen molar-refractivity contribution in [3.63, 3.8) is 0 Å². The molecule has 2 rings (SSSR count). The van der Waals surface area contributed by atoms with Crippen LogP contribution in [0.4, 0.5) is 4.79 Å². The first-order valence-corrected chi connectivity index (χ1v) is 5.62. The molecule has 0 radical (unpaired) electrons. The fraction of sp³-hybridized carbons (Fsp3) is 0.462. The number of rotatable bonds is 1. The molecule has 3 heteroatoms. The van der Waals surface area contributed by atoms with E-state index in [0.29, 0.717) is 6.54 Å². The summed E-state index contributed by atoms with van der Waals surface area (Å²) in [7, 11) is 0. The molecular formula is C13H18N2O. The minimum Gasteiger partial charge on any atom is -0.336 e. The second-order valence-corrected chi connectivity index (χ2v) is 4.58. The Morgan fingerprint density at radius 1 is 1.12 bits per heavy atom. The lowest BCUT2D eigenvalue weighted by Gasteiger charge is -2.19. The lowest BCUT2D eigenvalue weighted by molar-refractivity contribution is 0.247. The predicted octanol–water partition coefficient (Wildman–Crippen LogP) is 2.27. The molecule has 86 valence electrons. The third-order valence-corrected chi connectivity index (χ3v) is 3.54. The van der Waals surface area contributed by atoms with Gasteiger partial charge in [-0.2, -0.15) is 0 Å². The van der Waals surface area contributed by atoms with Crippen LogP contribution in [0.15, 0.2) is 6.07 Å². The minimum absolute atomic E-state index is 0.0667. The van der Waals surface area contributed by atoms with E-state index >= 15 is 0 Å². The Labute approximate surface area is 96.2 Å². The zero-order chi connectivity index (χ0) is 11.9. The van der Waals surface area contributed by atoms with Crippen LogP contribution in [0.5, 0.6) is 0 Å². The molecule has 1 aliphatic rings. The van der Waals surface area contributed by atoms with E-state index in [1.807, 2.05) is 0 Å². The molecule has 1 aromatic rings. The largest absolute Gasteiger partial charge is 0.336 e. The van der Waals surface area contributed by atoms with Crippen molar-refractivity contribution in [2.75, 3.05) is 6.54 Å². The highest BCUT2D eigenvalue weighted by atomic mass is 16.2. The summed E-state index contributed by atoms with van der Waals surface area (Å²) in [5.74, 6) is 0. The van der Waals surface area contributed by atoms with E-state index in [0.717, 1.165) is 0 Å². The van der Waals surface area contributed by atoms with Gasteiger partial charge >= 0.3 is 6.03 Å². The molecule has 1 aromatic carbocycles. The van der Waals surface area contributed by atoms with Gasteiger partial charge in [0.05, 0.1) is 6.04 Å². The van der Waals surface area contributed by atoms with Gasteiger partial charge in [-0.25, -0.2) is 4.79 Å². The Morgan fingerprint density at radius 3 is 2.12 bits per heavy atom. The van der Waals surface area contributed by atoms with Crippen molar-refractivity contribution in [3.05, 3.63) is 33.9 Å². The molecule has 1 saturated heterocycles. The first-order chi connectivity index (χ1) is 7.50. The van der Waals surface area contributed by atoms with Crippen LogP contribution < -0.4 is 10.6 Å². The number of urea groups is 1. The number of nitrogens with one attached hydrogen (secondary N) is 2. The molecule has 0 aliphatic carbocycles. The van der Waals surface area contributed by atoms with E-state index in [9.17, 15) is 4.79 Å². The van der Waals surface area contributed by atoms with Crippen molar-refractivity contribution in [3.8, 4) is 0 Å². The van der Waals surface area contributed by atoms with Crippen LogP contribution in [0, 0.1) is 27.7 Å². The van der Waals surface area contributed by atoms with Gasteiger partial charge in [0.2, 0.25) is 0 Å². The van der Waals surface area contributed by atoms with E-state index in [4.69, 9.17) is 0 Å². The van der Waals surface area contributed by atoms with Crippen molar-refractivity contribution in [2.24, 2.45) is 0 Å². The van der Waals surface area contributed by atoms with E-state index in [-0.39, 0.29) is 12.1 Å². The summed E-state index contributed by atoms with van der Waals surface area (Å²) in [6, 6.07) is 2.26. The molecule has 1 aliphatic heterocycles. The normalized spacial score (nSPS) is 19.5. The van der Waals surface area contributed by atoms with Crippen LogP contribution in [0.25, 0.3) is 0 Å². The van der Waals surface area contributed by atoms with Crippen molar-refractivity contribution >= 4 is 6.03 Å². The SMILES string of the molecule is Cc1cc(C)c(C)c(C2CNC(=O)N2)c1C. The molecule has 1 atom stereocenters. The van der Waals surface area contributed by atoms with E-state index < -0.39 is 0 Å². The van der Waals surface area contributed by atoms with Crippen molar-refractivity contribution in [2.45, 2.75) is 33.7 Å². The highest BCUT2D eigenvalue weighted by molar-refractivity contribution is 5.77. The Balaban J connectivity index is 2.51. The van der Waals surface area contributed by atoms with Gasteiger partial charge in [0.25, 0.3) is 0 Å². The Bertz CT molecular complexity index is 425. The quantitative estimate of drug-likeness (QED) is 0.746. The fourth-order valence-corrected chi connectivity index (χ4v) is 2.40. The van der Waals surface area contributed by atoms with Crippen molar-refractivity contribution in [1.29, 1.82) is 0 Å². The summed E-state index contributed by atoms with van der Waals surface area (Å²) in [5.41, 5.74) is 6.43. The number of hydrogen-bond donors (Lipinski definition) is 2. The summed E-state index contributed by atoms with van der Waals surface area (Å²) in [5, 5.41) is 5.77. The van der Waals surface area contributed by atoms with Crippen LogP contribution in [-0.2, 0) is 0 Å². The molecule has 2 amide bonds. The van der Waals surface area contributed by atoms with Gasteiger partial charge in [0.1, 0.15) is 0 Å². The zero-order valence-corrected chi connectivity index (χ0v) is 10.3. The smallest absolute Gasteiger partial charge is 0.315 e. The van der Waals surface area contributed by atoms with Crippen LogP contribution in [0.2, 0.25) is 0 Å². The molecule has 0 saturated carbocycles. The third-order valence-electron chi connectivity index (χ3n) is 3.54. The number of amides is 2. The van der Waals surface area contributed by atoms with Crippen LogP contribution in [0.1, 0.15) is 33.9 Å². The maximum atomic E-state index is 11.2. The highest BCUT2D eigenvalue weighted by Gasteiger charge is 2.25. The molecule has 0 aromatic heterocycles. The van der Waals surface area contributed by atoms with Gasteiger partial charge < -0.3 is 10.6 Å². The second-order valence-electron chi connectivity index (χ2n) is 4.58. The van der Waals surface area contributed by atoms with E-state index in [1.54, 1.807) is 0 Å². The van der Waals surface area contributed by atoms with Crippen LogP contribution in [0.3, 0.4) is 0 Å². The minimum atomic E-state index is -0.0667. The Hall–Kier alpha value is -1.51. The van der Waals surface area contributed by atoms with Crippen molar-refractivity contribution < 1.29 is 4.79 Å². The molecule has 1 heterocycles. The molecule has 1 unspecified atom stereocenters. The summed E-state index contributed by atoms with van der Waals surface area (Å²) in [6.07, 6.45) is 0. The van der Waals surface area contributed by atoms with Crippen molar-refractivity contribution in [1.82, 2.24) is 10.6 Å². The molecular weight excluding hydrogens is 200 g/mol. The summed E-state index contributed by atoms with van der Waals surface area (Å²) in [6.45, 7) is 9.18. The van der Waals surface area contributed by atoms with Gasteiger partial charge in [-0.05, 0) is 55.5 Å². The third kappa shape index (κ3) is 1.66. The zero-order valence-electron chi connectivity index (χ0n) is 10.3. The summed E-state index contributed by atoms with van der Waals surface area (Å²) in [4.78, 5) is 11.2. The lowest BCUT2D eigenvalue weighted by atomic mass is 9.90. The molecule has 3 nitrogen and oxygen atoms in total. The summed E-state index contributed by atoms with van der Waals surface area (Å²) >= 11 is 0. The monoisotopic (exact) mass is 218 g/mol. The average Bonchev–Trinajstić information content (AvgIpc) is 2.62. The van der Waals surface area contributed by atoms with E-state index in [2.05, 4.69) is 44.4 Å². The number of carbonyl (C=O) groups is 1. The maximum absolute atomic E-state index is 11.2. The first-order valence-electron chi connectivity index (χ1n) is 5.62. The van der Waals surface area contributed by atoms with Gasteiger partial charge in [-0.15, -0.1) is 0 Å². The topological polar surface area (TPSA) is 41.1 Å². The fourth-order valence-electron chi connectivity index (χ4n) is 2.40. The predicted molar refractivity (Wildman–Crippen MR) is 64.7 cm³/mol. The maximum Gasteiger partial charge on any atom is 0.315 e. The van der Waals surface area contributed by atoms with Gasteiger partial charge in [0.15, 0.2) is 0 Å². The van der Waals surface area contributed by atoms with Crippen LogP contribution in [-0.4, -0.2) is 12.6 Å². The van der Waals surface area contributed by atoms with E-state index in [1.165, 1.54) is 27.8 Å². The molecule has 0 bridgehead atoms.